The molecule has 1 atom stereocenters. The van der Waals surface area contributed by atoms with Crippen molar-refractivity contribution in [3.8, 4) is 16.9 Å². The van der Waals surface area contributed by atoms with Crippen LogP contribution in [-0.4, -0.2) is 6.10 Å². The zero-order chi connectivity index (χ0) is 16.5. The lowest BCUT2D eigenvalue weighted by atomic mass is 10.0. The highest BCUT2D eigenvalue weighted by molar-refractivity contribution is 5.66. The van der Waals surface area contributed by atoms with Gasteiger partial charge < -0.3 is 4.74 Å². The first-order valence-corrected chi connectivity index (χ1v) is 8.72. The van der Waals surface area contributed by atoms with E-state index in [2.05, 4.69) is 69.0 Å². The molecule has 0 unspecified atom stereocenters. The van der Waals surface area contributed by atoms with E-state index < -0.39 is 0 Å². The average molecular weight is 308 g/mol. The van der Waals surface area contributed by atoms with Crippen LogP contribution in [0.15, 0.2) is 55.1 Å². The quantitative estimate of drug-likeness (QED) is 0.466. The lowest BCUT2D eigenvalue weighted by Crippen LogP contribution is -2.11. The number of ether oxygens (including phenoxy) is 1. The van der Waals surface area contributed by atoms with Crippen LogP contribution in [0.5, 0.6) is 5.75 Å². The molecule has 0 aliphatic carbocycles. The smallest absolute Gasteiger partial charge is 0.119 e. The summed E-state index contributed by atoms with van der Waals surface area (Å²) in [6.45, 7) is 8.19. The van der Waals surface area contributed by atoms with Gasteiger partial charge in [0.25, 0.3) is 0 Å². The lowest BCUT2D eigenvalue weighted by molar-refractivity contribution is 0.206. The Hall–Kier alpha value is -2.02. The molecule has 0 amide bonds. The fraction of sp³-hybridized carbons (Fsp3) is 0.364. The summed E-state index contributed by atoms with van der Waals surface area (Å²) in [6.07, 6.45) is 8.45. The summed E-state index contributed by atoms with van der Waals surface area (Å²) in [5, 5.41) is 0. The van der Waals surface area contributed by atoms with Gasteiger partial charge in [-0.25, -0.2) is 0 Å². The number of benzene rings is 2. The van der Waals surface area contributed by atoms with Gasteiger partial charge in [-0.1, -0.05) is 75.2 Å². The summed E-state index contributed by atoms with van der Waals surface area (Å²) in [4.78, 5) is 0. The molecule has 0 aliphatic heterocycles. The van der Waals surface area contributed by atoms with Crippen LogP contribution in [0.3, 0.4) is 0 Å². The number of hydrogen-bond acceptors (Lipinski definition) is 1. The Bertz CT molecular complexity index is 580. The Morgan fingerprint density at radius 1 is 0.913 bits per heavy atom. The van der Waals surface area contributed by atoms with Gasteiger partial charge in [0.2, 0.25) is 0 Å². The number of rotatable bonds is 9. The highest BCUT2D eigenvalue weighted by Gasteiger charge is 2.04. The van der Waals surface area contributed by atoms with Crippen molar-refractivity contribution in [2.24, 2.45) is 0 Å². The van der Waals surface area contributed by atoms with E-state index in [4.69, 9.17) is 4.74 Å². The summed E-state index contributed by atoms with van der Waals surface area (Å²) in [5.41, 5.74) is 3.57. The first-order valence-electron chi connectivity index (χ1n) is 8.72. The topological polar surface area (TPSA) is 9.23 Å². The third kappa shape index (κ3) is 5.59. The monoisotopic (exact) mass is 308 g/mol. The van der Waals surface area contributed by atoms with E-state index in [0.29, 0.717) is 0 Å². The molecule has 0 fully saturated rings. The van der Waals surface area contributed by atoms with Gasteiger partial charge in [-0.15, -0.1) is 0 Å². The van der Waals surface area contributed by atoms with Crippen molar-refractivity contribution in [3.63, 3.8) is 0 Å². The molecular weight excluding hydrogens is 280 g/mol. The Morgan fingerprint density at radius 2 is 1.52 bits per heavy atom. The second-order valence-corrected chi connectivity index (χ2v) is 6.13. The first-order chi connectivity index (χ1) is 11.2. The van der Waals surface area contributed by atoms with E-state index in [-0.39, 0.29) is 6.10 Å². The molecule has 0 heterocycles. The predicted octanol–water partition coefficient (Wildman–Crippen LogP) is 6.73. The molecule has 2 aromatic carbocycles. The van der Waals surface area contributed by atoms with Crippen LogP contribution in [0.2, 0.25) is 0 Å². The van der Waals surface area contributed by atoms with Gasteiger partial charge in [0.15, 0.2) is 0 Å². The molecule has 1 nitrogen and oxygen atoms in total. The van der Waals surface area contributed by atoms with Gasteiger partial charge in [0.1, 0.15) is 5.75 Å². The molecule has 2 aromatic rings. The zero-order valence-corrected chi connectivity index (χ0v) is 14.4. The SMILES string of the molecule is C=Cc1ccc(-c2ccc(O[C@H](C)CCCCCC)cc2)cc1. The molecule has 2 rings (SSSR count). The van der Waals surface area contributed by atoms with E-state index in [0.717, 1.165) is 17.7 Å². The standard InChI is InChI=1S/C22H28O/c1-4-6-7-8-9-18(3)23-22-16-14-21(15-17-22)20-12-10-19(5-2)11-13-20/h5,10-18H,2,4,6-9H2,1,3H3/t18-/m1/s1. The molecule has 0 saturated heterocycles. The lowest BCUT2D eigenvalue weighted by Gasteiger charge is -2.15. The molecule has 1 heteroatoms. The molecule has 122 valence electrons. The third-order valence-corrected chi connectivity index (χ3v) is 4.14. The summed E-state index contributed by atoms with van der Waals surface area (Å²) in [6, 6.07) is 16.8. The molecule has 23 heavy (non-hydrogen) atoms. The Morgan fingerprint density at radius 3 is 2.09 bits per heavy atom. The molecular formula is C22H28O. The van der Waals surface area contributed by atoms with Crippen molar-refractivity contribution in [2.45, 2.75) is 52.1 Å². The molecule has 0 saturated carbocycles. The van der Waals surface area contributed by atoms with Crippen LogP contribution in [0.1, 0.15) is 51.5 Å². The summed E-state index contributed by atoms with van der Waals surface area (Å²) >= 11 is 0. The van der Waals surface area contributed by atoms with Crippen LogP contribution < -0.4 is 4.74 Å². The maximum Gasteiger partial charge on any atom is 0.119 e. The Labute approximate surface area is 141 Å². The van der Waals surface area contributed by atoms with Gasteiger partial charge in [-0.2, -0.15) is 0 Å². The largest absolute Gasteiger partial charge is 0.491 e. The predicted molar refractivity (Wildman–Crippen MR) is 101 cm³/mol. The van der Waals surface area contributed by atoms with Crippen LogP contribution in [0.4, 0.5) is 0 Å². The van der Waals surface area contributed by atoms with Crippen LogP contribution in [0.25, 0.3) is 17.2 Å². The molecule has 0 aliphatic rings. The van der Waals surface area contributed by atoms with E-state index in [1.807, 2.05) is 6.08 Å². The van der Waals surface area contributed by atoms with E-state index in [1.165, 1.54) is 36.8 Å². The average Bonchev–Trinajstić information content (AvgIpc) is 2.59. The molecule has 0 aromatic heterocycles. The minimum atomic E-state index is 0.282. The molecule has 0 radical (unpaired) electrons. The fourth-order valence-electron chi connectivity index (χ4n) is 2.69. The molecule has 0 spiro atoms. The van der Waals surface area contributed by atoms with Crippen LogP contribution >= 0.6 is 0 Å². The summed E-state index contributed by atoms with van der Waals surface area (Å²) in [7, 11) is 0. The fourth-order valence-corrected chi connectivity index (χ4v) is 2.69. The first kappa shape index (κ1) is 17.3. The van der Waals surface area contributed by atoms with Crippen LogP contribution in [-0.2, 0) is 0 Å². The van der Waals surface area contributed by atoms with Crippen molar-refractivity contribution in [3.05, 3.63) is 60.7 Å². The molecule has 0 bridgehead atoms. The minimum Gasteiger partial charge on any atom is -0.491 e. The van der Waals surface area contributed by atoms with Crippen molar-refractivity contribution in [1.82, 2.24) is 0 Å². The van der Waals surface area contributed by atoms with Crippen molar-refractivity contribution in [1.29, 1.82) is 0 Å². The van der Waals surface area contributed by atoms with E-state index in [1.54, 1.807) is 0 Å². The third-order valence-electron chi connectivity index (χ3n) is 4.14. The molecule has 0 N–H and O–H groups in total. The van der Waals surface area contributed by atoms with Crippen LogP contribution in [0, 0.1) is 0 Å². The second kappa shape index (κ2) is 9.19. The van der Waals surface area contributed by atoms with Gasteiger partial charge in [-0.05, 0) is 48.6 Å². The van der Waals surface area contributed by atoms with E-state index >= 15 is 0 Å². The maximum atomic E-state index is 6.01. The van der Waals surface area contributed by atoms with Crippen molar-refractivity contribution >= 4 is 6.08 Å². The summed E-state index contributed by atoms with van der Waals surface area (Å²) < 4.78 is 6.01. The number of unbranched alkanes of at least 4 members (excludes halogenated alkanes) is 3. The highest BCUT2D eigenvalue weighted by atomic mass is 16.5. The Kier molecular flexibility index (Phi) is 6.93. The second-order valence-electron chi connectivity index (χ2n) is 6.13. The Balaban J connectivity index is 1.89. The normalized spacial score (nSPS) is 11.9. The van der Waals surface area contributed by atoms with Gasteiger partial charge in [0, 0.05) is 0 Å². The summed E-state index contributed by atoms with van der Waals surface area (Å²) in [5.74, 6) is 0.958. The van der Waals surface area contributed by atoms with E-state index in [9.17, 15) is 0 Å². The minimum absolute atomic E-state index is 0.282. The zero-order valence-electron chi connectivity index (χ0n) is 14.4. The van der Waals surface area contributed by atoms with Crippen molar-refractivity contribution < 1.29 is 4.74 Å². The maximum absolute atomic E-state index is 6.01. The number of hydrogen-bond donors (Lipinski definition) is 0. The van der Waals surface area contributed by atoms with Crippen molar-refractivity contribution in [2.75, 3.05) is 0 Å². The van der Waals surface area contributed by atoms with Gasteiger partial charge in [0.05, 0.1) is 6.10 Å². The van der Waals surface area contributed by atoms with Gasteiger partial charge >= 0.3 is 0 Å². The highest BCUT2D eigenvalue weighted by Crippen LogP contribution is 2.24. The van der Waals surface area contributed by atoms with Gasteiger partial charge in [-0.3, -0.25) is 0 Å².